The summed E-state index contributed by atoms with van der Waals surface area (Å²) in [5.41, 5.74) is 1.17. The SMILES string of the molecule is CCNC(=NCCc1ncc(C)s1)NC1CCN(Cc2ccc(F)cc2)CC1. The molecule has 1 aliphatic rings. The maximum Gasteiger partial charge on any atom is 0.191 e. The van der Waals surface area contributed by atoms with Gasteiger partial charge in [0.25, 0.3) is 0 Å². The first-order chi connectivity index (χ1) is 13.6. The van der Waals surface area contributed by atoms with Crippen LogP contribution in [-0.4, -0.2) is 48.1 Å². The zero-order chi connectivity index (χ0) is 19.8. The number of aromatic nitrogens is 1. The number of likely N-dealkylation sites (tertiary alicyclic amines) is 1. The maximum atomic E-state index is 13.0. The summed E-state index contributed by atoms with van der Waals surface area (Å²) in [6.45, 7) is 8.72. The van der Waals surface area contributed by atoms with Crippen LogP contribution in [0.15, 0.2) is 35.5 Å². The molecule has 5 nitrogen and oxygen atoms in total. The normalized spacial score (nSPS) is 16.3. The molecule has 0 atom stereocenters. The number of thiazole rings is 1. The molecule has 2 aromatic rings. The lowest BCUT2D eigenvalue weighted by molar-refractivity contribution is 0.198. The number of halogens is 1. The van der Waals surface area contributed by atoms with Gasteiger partial charge >= 0.3 is 0 Å². The van der Waals surface area contributed by atoms with Crippen LogP contribution in [-0.2, 0) is 13.0 Å². The number of hydrogen-bond donors (Lipinski definition) is 2. The Kier molecular flexibility index (Phi) is 7.80. The van der Waals surface area contributed by atoms with Crippen molar-refractivity contribution in [2.75, 3.05) is 26.2 Å². The van der Waals surface area contributed by atoms with Gasteiger partial charge in [-0.15, -0.1) is 11.3 Å². The molecule has 1 aromatic heterocycles. The first-order valence-corrected chi connectivity index (χ1v) is 10.9. The van der Waals surface area contributed by atoms with Gasteiger partial charge in [-0.25, -0.2) is 9.37 Å². The predicted octanol–water partition coefficient (Wildman–Crippen LogP) is 3.35. The minimum absolute atomic E-state index is 0.174. The molecule has 1 fully saturated rings. The van der Waals surface area contributed by atoms with E-state index in [1.54, 1.807) is 11.3 Å². The van der Waals surface area contributed by atoms with Crippen molar-refractivity contribution >= 4 is 17.3 Å². The second kappa shape index (κ2) is 10.5. The highest BCUT2D eigenvalue weighted by Crippen LogP contribution is 2.15. The molecule has 0 spiro atoms. The van der Waals surface area contributed by atoms with Crippen molar-refractivity contribution in [3.63, 3.8) is 0 Å². The molecule has 0 radical (unpaired) electrons. The summed E-state index contributed by atoms with van der Waals surface area (Å²) in [6, 6.07) is 7.26. The van der Waals surface area contributed by atoms with Crippen LogP contribution in [0.4, 0.5) is 4.39 Å². The quantitative estimate of drug-likeness (QED) is 0.550. The standard InChI is InChI=1S/C21H30FN5S/c1-3-23-21(24-11-8-20-25-14-16(2)28-20)26-19-9-12-27(13-10-19)15-17-4-6-18(22)7-5-17/h4-7,14,19H,3,8-13,15H2,1-2H3,(H2,23,24,26). The van der Waals surface area contributed by atoms with Crippen LogP contribution in [0.25, 0.3) is 0 Å². The Hall–Kier alpha value is -1.99. The molecule has 1 saturated heterocycles. The van der Waals surface area contributed by atoms with Crippen molar-refractivity contribution in [2.24, 2.45) is 4.99 Å². The lowest BCUT2D eigenvalue weighted by atomic mass is 10.0. The fourth-order valence-electron chi connectivity index (χ4n) is 3.38. The zero-order valence-corrected chi connectivity index (χ0v) is 17.6. The van der Waals surface area contributed by atoms with E-state index in [1.165, 1.54) is 22.6 Å². The van der Waals surface area contributed by atoms with Crippen molar-refractivity contribution < 1.29 is 4.39 Å². The van der Waals surface area contributed by atoms with Crippen LogP contribution < -0.4 is 10.6 Å². The van der Waals surface area contributed by atoms with Crippen LogP contribution in [0.1, 0.15) is 35.2 Å². The summed E-state index contributed by atoms with van der Waals surface area (Å²) in [5.74, 6) is 0.722. The van der Waals surface area contributed by atoms with Crippen LogP contribution in [0.5, 0.6) is 0 Å². The third kappa shape index (κ3) is 6.56. The van der Waals surface area contributed by atoms with Gasteiger partial charge in [-0.2, -0.15) is 0 Å². The molecule has 0 amide bonds. The highest BCUT2D eigenvalue weighted by atomic mass is 32.1. The molecule has 1 aliphatic heterocycles. The van der Waals surface area contributed by atoms with Crippen LogP contribution in [0.3, 0.4) is 0 Å². The molecular formula is C21H30FN5S. The number of aliphatic imine (C=N–C) groups is 1. The predicted molar refractivity (Wildman–Crippen MR) is 114 cm³/mol. The maximum absolute atomic E-state index is 13.0. The van der Waals surface area contributed by atoms with Gasteiger partial charge in [-0.05, 0) is 44.4 Å². The number of guanidine groups is 1. The molecule has 2 N–H and O–H groups in total. The largest absolute Gasteiger partial charge is 0.357 e. The minimum atomic E-state index is -0.174. The van der Waals surface area contributed by atoms with E-state index in [0.717, 1.165) is 63.0 Å². The zero-order valence-electron chi connectivity index (χ0n) is 16.7. The molecule has 3 rings (SSSR count). The number of nitrogens with one attached hydrogen (secondary N) is 2. The number of piperidine rings is 1. The Bertz CT molecular complexity index is 750. The second-order valence-electron chi connectivity index (χ2n) is 7.20. The Balaban J connectivity index is 1.44. The Labute approximate surface area is 171 Å². The average molecular weight is 404 g/mol. The van der Waals surface area contributed by atoms with E-state index in [0.29, 0.717) is 6.04 Å². The summed E-state index contributed by atoms with van der Waals surface area (Å²) in [6.07, 6.45) is 4.96. The molecule has 28 heavy (non-hydrogen) atoms. The third-order valence-electron chi connectivity index (χ3n) is 4.86. The first kappa shape index (κ1) is 20.7. The highest BCUT2D eigenvalue weighted by molar-refractivity contribution is 7.11. The average Bonchev–Trinajstić information content (AvgIpc) is 3.10. The number of aryl methyl sites for hydroxylation is 1. The minimum Gasteiger partial charge on any atom is -0.357 e. The van der Waals surface area contributed by atoms with E-state index in [9.17, 15) is 4.39 Å². The number of hydrogen-bond acceptors (Lipinski definition) is 4. The topological polar surface area (TPSA) is 52.6 Å². The molecular weight excluding hydrogens is 373 g/mol. The highest BCUT2D eigenvalue weighted by Gasteiger charge is 2.20. The molecule has 0 aliphatic carbocycles. The molecule has 0 unspecified atom stereocenters. The molecule has 152 valence electrons. The molecule has 2 heterocycles. The second-order valence-corrected chi connectivity index (χ2v) is 8.52. The van der Waals surface area contributed by atoms with Gasteiger partial charge in [0.1, 0.15) is 5.82 Å². The van der Waals surface area contributed by atoms with Gasteiger partial charge in [0.15, 0.2) is 5.96 Å². The lowest BCUT2D eigenvalue weighted by Crippen LogP contribution is -2.48. The Morgan fingerprint density at radius 1 is 1.29 bits per heavy atom. The van der Waals surface area contributed by atoms with Gasteiger partial charge in [-0.3, -0.25) is 9.89 Å². The monoisotopic (exact) mass is 403 g/mol. The number of nitrogens with zero attached hydrogens (tertiary/aromatic N) is 3. The summed E-state index contributed by atoms with van der Waals surface area (Å²) >= 11 is 1.74. The van der Waals surface area contributed by atoms with Crippen molar-refractivity contribution in [1.29, 1.82) is 0 Å². The van der Waals surface area contributed by atoms with Crippen molar-refractivity contribution in [3.8, 4) is 0 Å². The van der Waals surface area contributed by atoms with Crippen molar-refractivity contribution in [3.05, 3.63) is 51.7 Å². The van der Waals surface area contributed by atoms with E-state index in [4.69, 9.17) is 4.99 Å². The number of rotatable bonds is 7. The van der Waals surface area contributed by atoms with Crippen LogP contribution >= 0.6 is 11.3 Å². The number of benzene rings is 1. The Morgan fingerprint density at radius 3 is 2.68 bits per heavy atom. The lowest BCUT2D eigenvalue weighted by Gasteiger charge is -2.33. The summed E-state index contributed by atoms with van der Waals surface area (Å²) in [4.78, 5) is 12.8. The van der Waals surface area contributed by atoms with Crippen molar-refractivity contribution in [2.45, 2.75) is 45.7 Å². The fourth-order valence-corrected chi connectivity index (χ4v) is 4.15. The molecule has 1 aromatic carbocycles. The molecule has 0 bridgehead atoms. The van der Waals surface area contributed by atoms with E-state index in [1.807, 2.05) is 18.3 Å². The summed E-state index contributed by atoms with van der Waals surface area (Å²) in [7, 11) is 0. The van der Waals surface area contributed by atoms with Crippen LogP contribution in [0, 0.1) is 12.7 Å². The van der Waals surface area contributed by atoms with E-state index < -0.39 is 0 Å². The van der Waals surface area contributed by atoms with E-state index >= 15 is 0 Å². The van der Waals surface area contributed by atoms with Crippen molar-refractivity contribution in [1.82, 2.24) is 20.5 Å². The molecule has 0 saturated carbocycles. The van der Waals surface area contributed by atoms with Gasteiger partial charge in [0.05, 0.1) is 5.01 Å². The van der Waals surface area contributed by atoms with E-state index in [2.05, 4.69) is 34.4 Å². The van der Waals surface area contributed by atoms with Gasteiger partial charge in [0, 0.05) is 56.3 Å². The smallest absolute Gasteiger partial charge is 0.191 e. The van der Waals surface area contributed by atoms with Gasteiger partial charge in [-0.1, -0.05) is 12.1 Å². The fraction of sp³-hybridized carbons (Fsp3) is 0.524. The Morgan fingerprint density at radius 2 is 2.04 bits per heavy atom. The summed E-state index contributed by atoms with van der Waals surface area (Å²) < 4.78 is 13.0. The van der Waals surface area contributed by atoms with Crippen LogP contribution in [0.2, 0.25) is 0 Å². The molecule has 7 heteroatoms. The van der Waals surface area contributed by atoms with E-state index in [-0.39, 0.29) is 5.82 Å². The van der Waals surface area contributed by atoms with Gasteiger partial charge < -0.3 is 10.6 Å². The first-order valence-electron chi connectivity index (χ1n) is 10.1. The van der Waals surface area contributed by atoms with Gasteiger partial charge in [0.2, 0.25) is 0 Å². The third-order valence-corrected chi connectivity index (χ3v) is 5.83. The summed E-state index contributed by atoms with van der Waals surface area (Å²) in [5, 5.41) is 8.08.